The van der Waals surface area contributed by atoms with Crippen LogP contribution >= 0.6 is 0 Å². The molecule has 0 radical (unpaired) electrons. The molecule has 4 rings (SSSR count). The molecule has 0 amide bonds. The van der Waals surface area contributed by atoms with Gasteiger partial charge in [0.25, 0.3) is 0 Å². The van der Waals surface area contributed by atoms with Crippen LogP contribution in [0.4, 0.5) is 57.1 Å². The summed E-state index contributed by atoms with van der Waals surface area (Å²) >= 11 is 0. The maximum Gasteiger partial charge on any atom is 0.416 e. The second kappa shape index (κ2) is 14.4. The molecule has 0 aliphatic heterocycles. The molecule has 0 aliphatic rings. The Labute approximate surface area is 276 Å². The average molecular weight is 725 g/mol. The van der Waals surface area contributed by atoms with Gasteiger partial charge in [0, 0.05) is 5.56 Å². The molecule has 0 saturated heterocycles. The van der Waals surface area contributed by atoms with Crippen molar-refractivity contribution in [1.29, 1.82) is 0 Å². The molecule has 0 spiro atoms. The van der Waals surface area contributed by atoms with Gasteiger partial charge in [-0.3, -0.25) is 0 Å². The third kappa shape index (κ3) is 9.36. The van der Waals surface area contributed by atoms with Crippen molar-refractivity contribution in [1.82, 2.24) is 0 Å². The standard InChI is InChI=1S/C35H25F13O2/c1-2-3-4-5-19-6-11-28(29(36)12-19)20-7-9-21(10-8-20)31(49)50-30(22-13-24(32(37,38)39)17-25(14-22)33(40,41)42)23-15-26(34(43,44)45)18-27(16-23)35(46,47)48/h6-18,30H,2-5H2,1H3. The van der Waals surface area contributed by atoms with Crippen LogP contribution in [0.5, 0.6) is 0 Å². The van der Waals surface area contributed by atoms with Crippen molar-refractivity contribution in [2.75, 3.05) is 0 Å². The number of ether oxygens (including phenoxy) is 1. The molecular formula is C35H25F13O2. The van der Waals surface area contributed by atoms with Crippen molar-refractivity contribution in [2.24, 2.45) is 0 Å². The van der Waals surface area contributed by atoms with Gasteiger partial charge < -0.3 is 4.74 Å². The lowest BCUT2D eigenvalue weighted by Crippen LogP contribution is -2.19. The van der Waals surface area contributed by atoms with Gasteiger partial charge in [-0.2, -0.15) is 52.7 Å². The molecule has 0 unspecified atom stereocenters. The van der Waals surface area contributed by atoms with E-state index in [-0.39, 0.29) is 47.5 Å². The molecule has 0 bridgehead atoms. The van der Waals surface area contributed by atoms with Crippen LogP contribution in [0.25, 0.3) is 11.1 Å². The fraction of sp³-hybridized carbons (Fsp3) is 0.286. The van der Waals surface area contributed by atoms with E-state index in [0.717, 1.165) is 37.0 Å². The van der Waals surface area contributed by atoms with Gasteiger partial charge in [-0.05, 0) is 89.7 Å². The number of unbranched alkanes of at least 4 members (excludes halogenated alkanes) is 2. The molecule has 0 heterocycles. The average Bonchev–Trinajstić information content (AvgIpc) is 3.02. The Morgan fingerprint density at radius 2 is 1.04 bits per heavy atom. The molecule has 0 fully saturated rings. The van der Waals surface area contributed by atoms with Gasteiger partial charge >= 0.3 is 30.7 Å². The van der Waals surface area contributed by atoms with Crippen molar-refractivity contribution in [3.8, 4) is 11.1 Å². The first kappa shape index (κ1) is 38.2. The van der Waals surface area contributed by atoms with E-state index >= 15 is 0 Å². The van der Waals surface area contributed by atoms with Gasteiger partial charge in [0.05, 0.1) is 27.8 Å². The summed E-state index contributed by atoms with van der Waals surface area (Å²) in [7, 11) is 0. The highest BCUT2D eigenvalue weighted by Gasteiger charge is 2.41. The summed E-state index contributed by atoms with van der Waals surface area (Å²) in [5, 5.41) is 0. The Morgan fingerprint density at radius 3 is 1.42 bits per heavy atom. The fourth-order valence-corrected chi connectivity index (χ4v) is 5.08. The summed E-state index contributed by atoms with van der Waals surface area (Å²) in [6.45, 7) is 2.01. The van der Waals surface area contributed by atoms with E-state index in [1.54, 1.807) is 6.07 Å². The second-order valence-electron chi connectivity index (χ2n) is 11.3. The van der Waals surface area contributed by atoms with Crippen LogP contribution in [-0.2, 0) is 35.9 Å². The minimum Gasteiger partial charge on any atom is -0.449 e. The van der Waals surface area contributed by atoms with Crippen LogP contribution in [0.2, 0.25) is 0 Å². The molecular weight excluding hydrogens is 699 g/mol. The molecule has 4 aromatic carbocycles. The summed E-state index contributed by atoms with van der Waals surface area (Å²) in [5.41, 5.74) is -9.67. The monoisotopic (exact) mass is 724 g/mol. The minimum atomic E-state index is -5.46. The number of esters is 1. The lowest BCUT2D eigenvalue weighted by Gasteiger charge is -2.24. The van der Waals surface area contributed by atoms with E-state index in [1.807, 2.05) is 6.92 Å². The van der Waals surface area contributed by atoms with E-state index in [2.05, 4.69) is 0 Å². The van der Waals surface area contributed by atoms with Crippen molar-refractivity contribution < 1.29 is 66.6 Å². The third-order valence-electron chi connectivity index (χ3n) is 7.58. The van der Waals surface area contributed by atoms with E-state index in [4.69, 9.17) is 4.74 Å². The number of hydrogen-bond acceptors (Lipinski definition) is 2. The Bertz CT molecular complexity index is 1680. The summed E-state index contributed by atoms with van der Waals surface area (Å²) in [6.07, 6.45) is -21.1. The molecule has 268 valence electrons. The van der Waals surface area contributed by atoms with Crippen LogP contribution in [0.15, 0.2) is 78.9 Å². The normalized spacial score (nSPS) is 12.8. The van der Waals surface area contributed by atoms with Gasteiger partial charge in [0.15, 0.2) is 6.10 Å². The van der Waals surface area contributed by atoms with Crippen LogP contribution in [0, 0.1) is 5.82 Å². The topological polar surface area (TPSA) is 26.3 Å². The maximum atomic E-state index is 14.9. The highest BCUT2D eigenvalue weighted by Crippen LogP contribution is 2.43. The lowest BCUT2D eigenvalue weighted by atomic mass is 9.93. The SMILES string of the molecule is CCCCCc1ccc(-c2ccc(C(=O)OC(c3cc(C(F)(F)F)cc(C(F)(F)F)c3)c3cc(C(F)(F)F)cc(C(F)(F)F)c3)cc2)c(F)c1. The van der Waals surface area contributed by atoms with Crippen LogP contribution in [-0.4, -0.2) is 5.97 Å². The number of benzene rings is 4. The zero-order chi connectivity index (χ0) is 37.2. The molecule has 4 aromatic rings. The highest BCUT2D eigenvalue weighted by atomic mass is 19.4. The molecule has 15 heteroatoms. The smallest absolute Gasteiger partial charge is 0.416 e. The summed E-state index contributed by atoms with van der Waals surface area (Å²) < 4.78 is 184. The lowest BCUT2D eigenvalue weighted by molar-refractivity contribution is -0.144. The quantitative estimate of drug-likeness (QED) is 0.0976. The fourth-order valence-electron chi connectivity index (χ4n) is 5.08. The summed E-state index contributed by atoms with van der Waals surface area (Å²) in [4.78, 5) is 13.2. The second-order valence-corrected chi connectivity index (χ2v) is 11.3. The predicted molar refractivity (Wildman–Crippen MR) is 155 cm³/mol. The van der Waals surface area contributed by atoms with Crippen molar-refractivity contribution in [2.45, 2.75) is 63.4 Å². The number of alkyl halides is 12. The van der Waals surface area contributed by atoms with Gasteiger partial charge in [-0.25, -0.2) is 9.18 Å². The Morgan fingerprint density at radius 1 is 0.600 bits per heavy atom. The Balaban J connectivity index is 1.81. The van der Waals surface area contributed by atoms with Crippen LogP contribution in [0.1, 0.15) is 81.6 Å². The van der Waals surface area contributed by atoms with Gasteiger partial charge in [-0.1, -0.05) is 44.0 Å². The van der Waals surface area contributed by atoms with Crippen LogP contribution < -0.4 is 0 Å². The largest absolute Gasteiger partial charge is 0.449 e. The van der Waals surface area contributed by atoms with E-state index in [1.165, 1.54) is 24.3 Å². The number of hydrogen-bond donors (Lipinski definition) is 0. The Hall–Kier alpha value is -4.56. The van der Waals surface area contributed by atoms with Crippen molar-refractivity contribution >= 4 is 5.97 Å². The Kier molecular flexibility index (Phi) is 11.0. The number of rotatable bonds is 9. The van der Waals surface area contributed by atoms with Gasteiger partial charge in [-0.15, -0.1) is 0 Å². The van der Waals surface area contributed by atoms with E-state index in [9.17, 15) is 61.9 Å². The highest BCUT2D eigenvalue weighted by molar-refractivity contribution is 5.90. The van der Waals surface area contributed by atoms with Gasteiger partial charge in [0.2, 0.25) is 0 Å². The first-order valence-corrected chi connectivity index (χ1v) is 14.8. The number of halogens is 13. The molecule has 0 aromatic heterocycles. The molecule has 2 nitrogen and oxygen atoms in total. The van der Waals surface area contributed by atoms with Crippen molar-refractivity contribution in [3.05, 3.63) is 129 Å². The molecule has 0 saturated carbocycles. The van der Waals surface area contributed by atoms with Crippen molar-refractivity contribution in [3.63, 3.8) is 0 Å². The minimum absolute atomic E-state index is 0.0263. The molecule has 50 heavy (non-hydrogen) atoms. The number of carbonyl (C=O) groups excluding carboxylic acids is 1. The number of carbonyl (C=O) groups is 1. The predicted octanol–water partition coefficient (Wildman–Crippen LogP) is 12.2. The van der Waals surface area contributed by atoms with Gasteiger partial charge in [0.1, 0.15) is 5.82 Å². The molecule has 0 aliphatic carbocycles. The molecule has 0 N–H and O–H groups in total. The van der Waals surface area contributed by atoms with E-state index < -0.39 is 81.5 Å². The summed E-state index contributed by atoms with van der Waals surface area (Å²) in [5.74, 6) is -2.14. The molecule has 0 atom stereocenters. The van der Waals surface area contributed by atoms with E-state index in [0.29, 0.717) is 6.42 Å². The summed E-state index contributed by atoms with van der Waals surface area (Å²) in [6, 6.07) is 8.48. The zero-order valence-corrected chi connectivity index (χ0v) is 25.6. The van der Waals surface area contributed by atoms with Crippen LogP contribution in [0.3, 0.4) is 0 Å². The maximum absolute atomic E-state index is 14.9. The third-order valence-corrected chi connectivity index (χ3v) is 7.58. The first-order valence-electron chi connectivity index (χ1n) is 14.8. The first-order chi connectivity index (χ1) is 23.1. The number of aryl methyl sites for hydroxylation is 1. The zero-order valence-electron chi connectivity index (χ0n) is 25.6.